The monoisotopic (exact) mass is 282 g/mol. The van der Waals surface area contributed by atoms with Gasteiger partial charge in [-0.1, -0.05) is 11.6 Å². The second-order valence-electron chi connectivity index (χ2n) is 3.81. The minimum atomic E-state index is -0.753. The van der Waals surface area contributed by atoms with Crippen LogP contribution in [0.1, 0.15) is 10.4 Å². The fourth-order valence-electron chi connectivity index (χ4n) is 1.50. The molecule has 0 saturated heterocycles. The summed E-state index contributed by atoms with van der Waals surface area (Å²) in [5.74, 6) is -2.04. The lowest BCUT2D eigenvalue weighted by Crippen LogP contribution is -2.15. The Labute approximate surface area is 113 Å². The molecule has 0 aliphatic carbocycles. The van der Waals surface area contributed by atoms with Crippen molar-refractivity contribution in [3.05, 3.63) is 58.6 Å². The molecule has 0 spiro atoms. The van der Waals surface area contributed by atoms with E-state index in [0.29, 0.717) is 0 Å². The lowest BCUT2D eigenvalue weighted by Gasteiger charge is -2.09. The zero-order chi connectivity index (χ0) is 14.0. The van der Waals surface area contributed by atoms with E-state index in [1.807, 2.05) is 0 Å². The first-order valence-electron chi connectivity index (χ1n) is 5.29. The van der Waals surface area contributed by atoms with Gasteiger partial charge in [0.1, 0.15) is 11.6 Å². The average molecular weight is 283 g/mol. The predicted octanol–water partition coefficient (Wildman–Crippen LogP) is 3.45. The zero-order valence-corrected chi connectivity index (χ0v) is 10.3. The quantitative estimate of drug-likeness (QED) is 0.829. The lowest BCUT2D eigenvalue weighted by molar-refractivity contribution is 0.102. The summed E-state index contributed by atoms with van der Waals surface area (Å²) < 4.78 is 26.5. The first kappa shape index (κ1) is 13.3. The van der Waals surface area contributed by atoms with Crippen LogP contribution in [-0.4, -0.2) is 5.91 Å². The van der Waals surface area contributed by atoms with Gasteiger partial charge in [0, 0.05) is 5.02 Å². The molecule has 0 radical (unpaired) electrons. The van der Waals surface area contributed by atoms with Crippen LogP contribution in [0.2, 0.25) is 5.02 Å². The number of nitrogens with two attached hydrogens (primary N) is 1. The molecule has 1 amide bonds. The van der Waals surface area contributed by atoms with Gasteiger partial charge in [0.15, 0.2) is 0 Å². The van der Waals surface area contributed by atoms with E-state index in [4.69, 9.17) is 17.3 Å². The van der Waals surface area contributed by atoms with Crippen molar-refractivity contribution < 1.29 is 13.6 Å². The Balaban J connectivity index is 2.30. The van der Waals surface area contributed by atoms with Crippen LogP contribution in [0.15, 0.2) is 36.4 Å². The van der Waals surface area contributed by atoms with Crippen molar-refractivity contribution in [2.45, 2.75) is 0 Å². The molecule has 3 nitrogen and oxygen atoms in total. The van der Waals surface area contributed by atoms with E-state index in [9.17, 15) is 13.6 Å². The van der Waals surface area contributed by atoms with Crippen molar-refractivity contribution in [3.8, 4) is 0 Å². The average Bonchev–Trinajstić information content (AvgIpc) is 2.36. The molecule has 0 bridgehead atoms. The minimum absolute atomic E-state index is 0.0735. The molecule has 19 heavy (non-hydrogen) atoms. The van der Waals surface area contributed by atoms with Crippen molar-refractivity contribution in [1.82, 2.24) is 0 Å². The summed E-state index contributed by atoms with van der Waals surface area (Å²) in [6, 6.07) is 7.10. The van der Waals surface area contributed by atoms with Gasteiger partial charge in [-0.2, -0.15) is 0 Å². The van der Waals surface area contributed by atoms with Gasteiger partial charge >= 0.3 is 0 Å². The number of rotatable bonds is 2. The summed E-state index contributed by atoms with van der Waals surface area (Å²) in [6.07, 6.45) is 0. The van der Waals surface area contributed by atoms with Crippen LogP contribution in [0.5, 0.6) is 0 Å². The number of anilines is 2. The molecule has 0 heterocycles. The van der Waals surface area contributed by atoms with Crippen LogP contribution in [0.3, 0.4) is 0 Å². The van der Waals surface area contributed by atoms with Crippen molar-refractivity contribution in [1.29, 1.82) is 0 Å². The number of hydrogen-bond acceptors (Lipinski definition) is 2. The summed E-state index contributed by atoms with van der Waals surface area (Å²) in [5.41, 5.74) is 5.59. The topological polar surface area (TPSA) is 55.1 Å². The van der Waals surface area contributed by atoms with Crippen molar-refractivity contribution in [2.24, 2.45) is 0 Å². The van der Waals surface area contributed by atoms with Crippen molar-refractivity contribution in [2.75, 3.05) is 11.1 Å². The highest BCUT2D eigenvalue weighted by Crippen LogP contribution is 2.21. The Hall–Kier alpha value is -2.14. The minimum Gasteiger partial charge on any atom is -0.397 e. The lowest BCUT2D eigenvalue weighted by atomic mass is 10.2. The molecule has 0 atom stereocenters. The van der Waals surface area contributed by atoms with Gasteiger partial charge in [-0.25, -0.2) is 8.78 Å². The van der Waals surface area contributed by atoms with E-state index >= 15 is 0 Å². The summed E-state index contributed by atoms with van der Waals surface area (Å²) in [4.78, 5) is 11.9. The molecule has 0 aliphatic rings. The molecular weight excluding hydrogens is 274 g/mol. The third-order valence-corrected chi connectivity index (χ3v) is 2.67. The maximum Gasteiger partial charge on any atom is 0.258 e. The van der Waals surface area contributed by atoms with E-state index < -0.39 is 17.5 Å². The Morgan fingerprint density at radius 1 is 1.16 bits per heavy atom. The van der Waals surface area contributed by atoms with Crippen molar-refractivity contribution in [3.63, 3.8) is 0 Å². The molecular formula is C13H9ClF2N2O. The third-order valence-electron chi connectivity index (χ3n) is 2.44. The molecule has 2 rings (SSSR count). The van der Waals surface area contributed by atoms with Crippen LogP contribution in [0.25, 0.3) is 0 Å². The number of carbonyl (C=O) groups is 1. The van der Waals surface area contributed by atoms with Gasteiger partial charge < -0.3 is 11.1 Å². The van der Waals surface area contributed by atoms with Crippen LogP contribution < -0.4 is 11.1 Å². The first-order valence-corrected chi connectivity index (χ1v) is 5.66. The number of nitrogen functional groups attached to an aromatic ring is 1. The Morgan fingerprint density at radius 3 is 2.63 bits per heavy atom. The maximum atomic E-state index is 13.5. The fourth-order valence-corrected chi connectivity index (χ4v) is 1.67. The summed E-state index contributed by atoms with van der Waals surface area (Å²) in [5, 5.41) is 2.55. The highest BCUT2D eigenvalue weighted by molar-refractivity contribution is 6.31. The van der Waals surface area contributed by atoms with Gasteiger partial charge in [-0.15, -0.1) is 0 Å². The number of halogens is 3. The second-order valence-corrected chi connectivity index (χ2v) is 4.25. The van der Waals surface area contributed by atoms with Crippen LogP contribution in [0, 0.1) is 11.6 Å². The highest BCUT2D eigenvalue weighted by atomic mass is 35.5. The van der Waals surface area contributed by atoms with E-state index in [1.165, 1.54) is 18.2 Å². The Morgan fingerprint density at radius 2 is 1.89 bits per heavy atom. The molecule has 2 aromatic carbocycles. The van der Waals surface area contributed by atoms with Gasteiger partial charge in [0.25, 0.3) is 5.91 Å². The molecule has 6 heteroatoms. The standard InChI is InChI=1S/C13H9ClF2N2O/c14-7-1-3-10(16)9(5-7)13(19)18-12-6-8(15)2-4-11(12)17/h1-6H,17H2,(H,18,19). The molecule has 0 saturated carbocycles. The number of amides is 1. The molecule has 0 aliphatic heterocycles. The molecule has 0 unspecified atom stereocenters. The van der Waals surface area contributed by atoms with Gasteiger partial charge in [-0.3, -0.25) is 4.79 Å². The fraction of sp³-hybridized carbons (Fsp3) is 0. The van der Waals surface area contributed by atoms with E-state index in [-0.39, 0.29) is 22.0 Å². The van der Waals surface area contributed by atoms with Crippen LogP contribution in [0.4, 0.5) is 20.2 Å². The maximum absolute atomic E-state index is 13.5. The Kier molecular flexibility index (Phi) is 3.66. The molecule has 3 N–H and O–H groups in total. The summed E-state index contributed by atoms with van der Waals surface area (Å²) in [6.45, 7) is 0. The first-order chi connectivity index (χ1) is 8.97. The SMILES string of the molecule is Nc1ccc(F)cc1NC(=O)c1cc(Cl)ccc1F. The smallest absolute Gasteiger partial charge is 0.258 e. The van der Waals surface area contributed by atoms with Gasteiger partial charge in [0.05, 0.1) is 16.9 Å². The molecule has 0 aromatic heterocycles. The number of hydrogen-bond donors (Lipinski definition) is 2. The molecule has 0 fully saturated rings. The van der Waals surface area contributed by atoms with Crippen LogP contribution in [-0.2, 0) is 0 Å². The predicted molar refractivity (Wildman–Crippen MR) is 70.2 cm³/mol. The van der Waals surface area contributed by atoms with E-state index in [2.05, 4.69) is 5.32 Å². The Bertz CT molecular complexity index is 647. The number of carbonyl (C=O) groups excluding carboxylic acids is 1. The highest BCUT2D eigenvalue weighted by Gasteiger charge is 2.14. The largest absolute Gasteiger partial charge is 0.397 e. The van der Waals surface area contributed by atoms with Crippen LogP contribution >= 0.6 is 11.6 Å². The summed E-state index contributed by atoms with van der Waals surface area (Å²) in [7, 11) is 0. The zero-order valence-electron chi connectivity index (χ0n) is 9.58. The summed E-state index contributed by atoms with van der Waals surface area (Å²) >= 11 is 5.69. The van der Waals surface area contributed by atoms with Gasteiger partial charge in [0.2, 0.25) is 0 Å². The van der Waals surface area contributed by atoms with E-state index in [1.54, 1.807) is 0 Å². The molecule has 2 aromatic rings. The normalized spacial score (nSPS) is 10.3. The number of benzene rings is 2. The third kappa shape index (κ3) is 3.00. The second kappa shape index (κ2) is 5.24. The number of nitrogens with one attached hydrogen (secondary N) is 1. The van der Waals surface area contributed by atoms with Crippen molar-refractivity contribution >= 4 is 28.9 Å². The molecule has 98 valence electrons. The van der Waals surface area contributed by atoms with E-state index in [0.717, 1.165) is 18.2 Å². The van der Waals surface area contributed by atoms with Gasteiger partial charge in [-0.05, 0) is 36.4 Å².